The quantitative estimate of drug-likeness (QED) is 0.215. The third-order valence-electron chi connectivity index (χ3n) is 5.57. The van der Waals surface area contributed by atoms with Crippen molar-refractivity contribution in [1.29, 1.82) is 0 Å². The van der Waals surface area contributed by atoms with E-state index >= 15 is 0 Å². The maximum absolute atomic E-state index is 3.68. The average molecular weight is 870 g/mol. The van der Waals surface area contributed by atoms with Gasteiger partial charge in [-0.15, -0.1) is 0 Å². The van der Waals surface area contributed by atoms with E-state index in [0.29, 0.717) is 0 Å². The first-order valence-electron chi connectivity index (χ1n) is 11.7. The number of halogens is 4. The fourth-order valence-electron chi connectivity index (χ4n) is 3.72. The SMILES string of the molecule is C[Si](C)=[Zr+2].Cc1cc2c(Br)c[c]([Ge]([CH3])([CH3])[CH3])cc2[cH-]1.Cc1cc2c(Br)c[c]([Ge]([CH3])([CH3])[CH3])cc2[cH-]1.[Cl-].[Cl-]. The molecule has 0 saturated carbocycles. The summed E-state index contributed by atoms with van der Waals surface area (Å²) < 4.78 is 5.65. The van der Waals surface area contributed by atoms with Crippen LogP contribution >= 0.6 is 31.9 Å². The zero-order chi connectivity index (χ0) is 26.0. The summed E-state index contributed by atoms with van der Waals surface area (Å²) in [5.41, 5.74) is 2.91. The summed E-state index contributed by atoms with van der Waals surface area (Å²) in [4.78, 5) is 0. The van der Waals surface area contributed by atoms with Crippen molar-refractivity contribution in [3.05, 3.63) is 68.6 Å². The molecule has 0 fully saturated rings. The first-order valence-corrected chi connectivity index (χ1v) is 34.2. The number of aryl methyl sites for hydroxylation is 2. The van der Waals surface area contributed by atoms with Gasteiger partial charge in [-0.3, -0.25) is 0 Å². The Hall–Kier alpha value is 1.39. The van der Waals surface area contributed by atoms with Crippen molar-refractivity contribution >= 4 is 94.2 Å². The van der Waals surface area contributed by atoms with Crippen LogP contribution in [0, 0.1) is 13.8 Å². The van der Waals surface area contributed by atoms with E-state index < -0.39 is 26.5 Å². The number of hydrogen-bond donors (Lipinski definition) is 0. The van der Waals surface area contributed by atoms with Gasteiger partial charge in [-0.1, -0.05) is 0 Å². The average Bonchev–Trinajstić information content (AvgIpc) is 3.22. The summed E-state index contributed by atoms with van der Waals surface area (Å²) in [7, 11) is 0. The zero-order valence-corrected chi connectivity index (χ0v) is 35.5. The Morgan fingerprint density at radius 3 is 1.17 bits per heavy atom. The van der Waals surface area contributed by atoms with Crippen LogP contribution in [0.4, 0.5) is 0 Å². The molecule has 196 valence electrons. The summed E-state index contributed by atoms with van der Waals surface area (Å²) in [6.07, 6.45) is 0. The molecule has 0 heterocycles. The van der Waals surface area contributed by atoms with Crippen molar-refractivity contribution in [3.8, 4) is 0 Å². The molecule has 0 aromatic heterocycles. The van der Waals surface area contributed by atoms with Gasteiger partial charge >= 0.3 is 248 Å². The van der Waals surface area contributed by atoms with Gasteiger partial charge < -0.3 is 24.8 Å². The van der Waals surface area contributed by atoms with Gasteiger partial charge in [-0.2, -0.15) is 0 Å². The molecule has 0 amide bonds. The summed E-state index contributed by atoms with van der Waals surface area (Å²) in [5.74, 6) is 14.6. The molecule has 0 nitrogen and oxygen atoms in total. The molecule has 0 aliphatic carbocycles. The first kappa shape index (κ1) is 37.4. The second kappa shape index (κ2) is 15.4. The van der Waals surface area contributed by atoms with E-state index in [1.165, 1.54) is 41.6 Å². The number of fused-ring (bicyclic) bond motifs is 2. The van der Waals surface area contributed by atoms with Crippen molar-refractivity contribution in [1.82, 2.24) is 0 Å². The molecule has 0 aliphatic rings. The van der Waals surface area contributed by atoms with Crippen molar-refractivity contribution < 1.29 is 48.1 Å². The van der Waals surface area contributed by atoms with Gasteiger partial charge in [0.25, 0.3) is 0 Å². The predicted molar refractivity (Wildman–Crippen MR) is 167 cm³/mol. The Bertz CT molecular complexity index is 1220. The molecule has 4 aromatic rings. The van der Waals surface area contributed by atoms with Crippen molar-refractivity contribution in [3.63, 3.8) is 0 Å². The molecule has 0 N–H and O–H groups in total. The molecule has 8 heteroatoms. The molecule has 36 heavy (non-hydrogen) atoms. The topological polar surface area (TPSA) is 0 Å². The second-order valence-electron chi connectivity index (χ2n) is 11.5. The van der Waals surface area contributed by atoms with Crippen molar-refractivity contribution in [2.75, 3.05) is 0 Å². The number of benzene rings is 2. The van der Waals surface area contributed by atoms with Crippen LogP contribution in [0.5, 0.6) is 0 Å². The summed E-state index contributed by atoms with van der Waals surface area (Å²) in [6, 6.07) is 18.5. The fraction of sp³-hybridized carbons (Fsp3) is 0.357. The normalized spacial score (nSPS) is 11.1. The predicted octanol–water partition coefficient (Wildman–Crippen LogP) is 3.14. The second-order valence-corrected chi connectivity index (χ2v) is 43.9. The smallest absolute Gasteiger partial charge is 1.00 e. The van der Waals surface area contributed by atoms with E-state index in [0.717, 1.165) is 0 Å². The third kappa shape index (κ3) is 11.1. The van der Waals surface area contributed by atoms with Gasteiger partial charge in [-0.05, 0) is 0 Å². The Morgan fingerprint density at radius 2 is 0.917 bits per heavy atom. The van der Waals surface area contributed by atoms with E-state index in [9.17, 15) is 0 Å². The molecule has 0 radical (unpaired) electrons. The van der Waals surface area contributed by atoms with Crippen LogP contribution in [0.1, 0.15) is 11.1 Å². The Kier molecular flexibility index (Phi) is 16.0. The summed E-state index contributed by atoms with van der Waals surface area (Å²) in [6.45, 7) is 8.93. The molecule has 0 unspecified atom stereocenters. The van der Waals surface area contributed by atoms with E-state index in [1.807, 2.05) is 0 Å². The summed E-state index contributed by atoms with van der Waals surface area (Å²) >= 11 is 5.71. The van der Waals surface area contributed by atoms with Gasteiger partial charge in [-0.25, -0.2) is 0 Å². The molecule has 0 atom stereocenters. The van der Waals surface area contributed by atoms with Gasteiger partial charge in [0.15, 0.2) is 0 Å². The Labute approximate surface area is 269 Å². The van der Waals surface area contributed by atoms with Crippen LogP contribution < -0.4 is 33.6 Å². The van der Waals surface area contributed by atoms with E-state index in [1.54, 1.807) is 32.1 Å². The monoisotopic (exact) mass is 868 g/mol. The minimum Gasteiger partial charge on any atom is -1.00 e. The fourth-order valence-corrected chi connectivity index (χ4v) is 10.7. The standard InChI is InChI=1S/2C13H16BrGe.C2H6Si.2ClH.Zr/c2*1-9-5-10-7-11(15(2,3)4)8-13(14)12(10)6-9;1-3-2;;;/h2*5-8H,1-4H3;1-2H3;2*1H;/q2*-1;;;;+2/p-2. The zero-order valence-electron chi connectivity index (χ0n) is 23.1. The summed E-state index contributed by atoms with van der Waals surface area (Å²) in [5, 5.41) is 5.47. The van der Waals surface area contributed by atoms with E-state index in [4.69, 9.17) is 0 Å². The molecule has 0 bridgehead atoms. The molecule has 0 saturated heterocycles. The van der Waals surface area contributed by atoms with Crippen LogP contribution in [-0.2, 0) is 23.3 Å². The van der Waals surface area contributed by atoms with Crippen LogP contribution in [0.3, 0.4) is 0 Å². The van der Waals surface area contributed by atoms with Gasteiger partial charge in [0.2, 0.25) is 0 Å². The van der Waals surface area contributed by atoms with E-state index in [2.05, 4.69) is 142 Å². The third-order valence-corrected chi connectivity index (χ3v) is 15.4. The maximum atomic E-state index is 3.68. The van der Waals surface area contributed by atoms with Gasteiger partial charge in [0, 0.05) is 0 Å². The Balaban J connectivity index is 0.000000566. The first-order chi connectivity index (χ1) is 15.5. The van der Waals surface area contributed by atoms with E-state index in [-0.39, 0.29) is 30.2 Å². The molecular formula is C28H38Br2Cl2Ge2SiZr-2. The molecule has 0 aliphatic heterocycles. The Morgan fingerprint density at radius 1 is 0.639 bits per heavy atom. The van der Waals surface area contributed by atoms with Gasteiger partial charge in [0.05, 0.1) is 0 Å². The van der Waals surface area contributed by atoms with Crippen molar-refractivity contribution in [2.24, 2.45) is 0 Å². The largest absolute Gasteiger partial charge is 1.00 e. The van der Waals surface area contributed by atoms with Crippen LogP contribution in [0.2, 0.25) is 47.6 Å². The number of hydrogen-bond acceptors (Lipinski definition) is 0. The van der Waals surface area contributed by atoms with Crippen LogP contribution in [0.25, 0.3) is 21.5 Å². The van der Waals surface area contributed by atoms with Gasteiger partial charge in [0.1, 0.15) is 0 Å². The minimum absolute atomic E-state index is 0. The molecule has 4 aromatic carbocycles. The number of rotatable bonds is 2. The molecule has 0 spiro atoms. The van der Waals surface area contributed by atoms with Crippen LogP contribution in [-0.4, -0.2) is 32.0 Å². The maximum Gasteiger partial charge on any atom is -1.00 e. The molecular weight excluding hydrogens is 832 g/mol. The van der Waals surface area contributed by atoms with Crippen LogP contribution in [0.15, 0.2) is 57.5 Å². The van der Waals surface area contributed by atoms with Crippen molar-refractivity contribution in [2.45, 2.75) is 61.5 Å². The molecule has 4 rings (SSSR count). The minimum atomic E-state index is -1.70.